The summed E-state index contributed by atoms with van der Waals surface area (Å²) in [6, 6.07) is 5.34. The molecule has 1 aliphatic rings. The highest BCUT2D eigenvalue weighted by Gasteiger charge is 2.20. The highest BCUT2D eigenvalue weighted by molar-refractivity contribution is 6.35. The lowest BCUT2D eigenvalue weighted by atomic mass is 9.88. The van der Waals surface area contributed by atoms with Crippen LogP contribution in [0.15, 0.2) is 18.2 Å². The monoisotopic (exact) mass is 285 g/mol. The fraction of sp³-hybridized carbons (Fsp3) is 0.500. The van der Waals surface area contributed by atoms with Crippen molar-refractivity contribution >= 4 is 29.1 Å². The number of carbonyl (C=O) groups is 1. The predicted octanol–water partition coefficient (Wildman–Crippen LogP) is 4.19. The maximum absolute atomic E-state index is 12.0. The quantitative estimate of drug-likeness (QED) is 0.887. The smallest absolute Gasteiger partial charge is 0.223 e. The summed E-state index contributed by atoms with van der Waals surface area (Å²) < 4.78 is 0. The molecule has 0 radical (unpaired) electrons. The van der Waals surface area contributed by atoms with Gasteiger partial charge in [0.15, 0.2) is 0 Å². The van der Waals surface area contributed by atoms with Gasteiger partial charge in [0.05, 0.1) is 0 Å². The number of carbonyl (C=O) groups excluding carboxylic acids is 1. The third-order valence-corrected chi connectivity index (χ3v) is 4.03. The predicted molar refractivity (Wildman–Crippen MR) is 74.9 cm³/mol. The largest absolute Gasteiger partial charge is 0.352 e. The molecule has 2 rings (SSSR count). The number of rotatable bonds is 3. The van der Waals surface area contributed by atoms with Gasteiger partial charge in [0.1, 0.15) is 0 Å². The van der Waals surface area contributed by atoms with Crippen molar-refractivity contribution in [3.63, 3.8) is 0 Å². The van der Waals surface area contributed by atoms with E-state index in [1.807, 2.05) is 6.07 Å². The first-order valence-electron chi connectivity index (χ1n) is 6.38. The summed E-state index contributed by atoms with van der Waals surface area (Å²) in [6.07, 6.45) is 5.62. The van der Waals surface area contributed by atoms with E-state index in [-0.39, 0.29) is 11.8 Å². The van der Waals surface area contributed by atoms with Crippen molar-refractivity contribution in [1.29, 1.82) is 0 Å². The zero-order valence-electron chi connectivity index (χ0n) is 10.2. The zero-order valence-corrected chi connectivity index (χ0v) is 11.7. The molecule has 0 heterocycles. The van der Waals surface area contributed by atoms with Crippen molar-refractivity contribution in [2.75, 3.05) is 0 Å². The highest BCUT2D eigenvalue weighted by Crippen LogP contribution is 2.24. The number of halogens is 2. The lowest BCUT2D eigenvalue weighted by molar-refractivity contribution is -0.126. The van der Waals surface area contributed by atoms with Gasteiger partial charge in [-0.25, -0.2) is 0 Å². The Morgan fingerprint density at radius 2 is 1.94 bits per heavy atom. The zero-order chi connectivity index (χ0) is 13.0. The second-order valence-electron chi connectivity index (χ2n) is 4.79. The highest BCUT2D eigenvalue weighted by atomic mass is 35.5. The summed E-state index contributed by atoms with van der Waals surface area (Å²) in [5, 5.41) is 4.18. The normalized spacial score (nSPS) is 16.6. The molecule has 1 amide bonds. The van der Waals surface area contributed by atoms with Gasteiger partial charge in [0.2, 0.25) is 5.91 Å². The third kappa shape index (κ3) is 3.63. The van der Waals surface area contributed by atoms with Crippen molar-refractivity contribution in [3.8, 4) is 0 Å². The van der Waals surface area contributed by atoms with Gasteiger partial charge in [-0.05, 0) is 30.5 Å². The van der Waals surface area contributed by atoms with Crippen molar-refractivity contribution in [3.05, 3.63) is 33.8 Å². The Balaban J connectivity index is 1.88. The molecule has 1 saturated carbocycles. The number of benzene rings is 1. The molecule has 0 saturated heterocycles. The van der Waals surface area contributed by atoms with Crippen LogP contribution < -0.4 is 5.32 Å². The first kappa shape index (κ1) is 13.7. The molecule has 1 aromatic rings. The van der Waals surface area contributed by atoms with Gasteiger partial charge in [-0.15, -0.1) is 0 Å². The molecular formula is C14H17Cl2NO. The van der Waals surface area contributed by atoms with E-state index < -0.39 is 0 Å². The van der Waals surface area contributed by atoms with Gasteiger partial charge in [-0.1, -0.05) is 48.5 Å². The Hall–Kier alpha value is -0.730. The van der Waals surface area contributed by atoms with E-state index in [9.17, 15) is 4.79 Å². The summed E-state index contributed by atoms with van der Waals surface area (Å²) in [5.41, 5.74) is 0.908. The van der Waals surface area contributed by atoms with E-state index in [2.05, 4.69) is 5.32 Å². The molecular weight excluding hydrogens is 269 g/mol. The Bertz CT molecular complexity index is 428. The number of hydrogen-bond donors (Lipinski definition) is 1. The maximum atomic E-state index is 12.0. The average molecular weight is 286 g/mol. The van der Waals surface area contributed by atoms with Crippen LogP contribution in [0.4, 0.5) is 0 Å². The molecule has 1 N–H and O–H groups in total. The van der Waals surface area contributed by atoms with Crippen molar-refractivity contribution in [2.45, 2.75) is 38.6 Å². The molecule has 1 aromatic carbocycles. The molecule has 2 nitrogen and oxygen atoms in total. The van der Waals surface area contributed by atoms with E-state index in [4.69, 9.17) is 23.2 Å². The van der Waals surface area contributed by atoms with Gasteiger partial charge in [-0.3, -0.25) is 4.79 Å². The second-order valence-corrected chi connectivity index (χ2v) is 5.63. The van der Waals surface area contributed by atoms with Crippen molar-refractivity contribution in [2.24, 2.45) is 5.92 Å². The van der Waals surface area contributed by atoms with Gasteiger partial charge >= 0.3 is 0 Å². The summed E-state index contributed by atoms with van der Waals surface area (Å²) in [7, 11) is 0. The molecule has 0 atom stereocenters. The Morgan fingerprint density at radius 1 is 1.22 bits per heavy atom. The number of hydrogen-bond acceptors (Lipinski definition) is 1. The van der Waals surface area contributed by atoms with Gasteiger partial charge < -0.3 is 5.32 Å². The van der Waals surface area contributed by atoms with Crippen LogP contribution in [0.1, 0.15) is 37.7 Å². The van der Waals surface area contributed by atoms with E-state index in [0.717, 1.165) is 18.4 Å². The first-order chi connectivity index (χ1) is 8.66. The molecule has 0 aliphatic heterocycles. The van der Waals surface area contributed by atoms with E-state index >= 15 is 0 Å². The topological polar surface area (TPSA) is 29.1 Å². The summed E-state index contributed by atoms with van der Waals surface area (Å²) in [4.78, 5) is 12.0. The minimum atomic E-state index is 0.153. The Kier molecular flexibility index (Phi) is 4.90. The van der Waals surface area contributed by atoms with Gasteiger partial charge in [0, 0.05) is 22.5 Å². The Morgan fingerprint density at radius 3 is 2.61 bits per heavy atom. The van der Waals surface area contributed by atoms with Crippen LogP contribution in [0.25, 0.3) is 0 Å². The molecule has 4 heteroatoms. The molecule has 0 bridgehead atoms. The fourth-order valence-electron chi connectivity index (χ4n) is 2.36. The summed E-state index contributed by atoms with van der Waals surface area (Å²) in [5.74, 6) is 0.338. The summed E-state index contributed by atoms with van der Waals surface area (Å²) >= 11 is 11.9. The lowest BCUT2D eigenvalue weighted by Gasteiger charge is -2.20. The minimum absolute atomic E-state index is 0.153. The first-order valence-corrected chi connectivity index (χ1v) is 7.14. The average Bonchev–Trinajstić information content (AvgIpc) is 2.38. The lowest BCUT2D eigenvalue weighted by Crippen LogP contribution is -2.31. The minimum Gasteiger partial charge on any atom is -0.352 e. The van der Waals surface area contributed by atoms with Crippen LogP contribution in [0.2, 0.25) is 10.0 Å². The van der Waals surface area contributed by atoms with Crippen LogP contribution in [-0.2, 0) is 11.3 Å². The molecule has 98 valence electrons. The molecule has 0 spiro atoms. The molecule has 1 aliphatic carbocycles. The standard InChI is InChI=1S/C14H17Cl2NO/c15-12-7-6-11(13(16)8-12)9-17-14(18)10-4-2-1-3-5-10/h6-8,10H,1-5,9H2,(H,17,18). The second kappa shape index (κ2) is 6.44. The number of nitrogens with one attached hydrogen (secondary N) is 1. The van der Waals surface area contributed by atoms with Gasteiger partial charge in [0.25, 0.3) is 0 Å². The molecule has 18 heavy (non-hydrogen) atoms. The van der Waals surface area contributed by atoms with Gasteiger partial charge in [-0.2, -0.15) is 0 Å². The molecule has 0 unspecified atom stereocenters. The van der Waals surface area contributed by atoms with E-state index in [1.165, 1.54) is 19.3 Å². The summed E-state index contributed by atoms with van der Waals surface area (Å²) in [6.45, 7) is 0.478. The SMILES string of the molecule is O=C(NCc1ccc(Cl)cc1Cl)C1CCCCC1. The number of amides is 1. The molecule has 0 aromatic heterocycles. The van der Waals surface area contributed by atoms with Crippen LogP contribution in [-0.4, -0.2) is 5.91 Å². The van der Waals surface area contributed by atoms with E-state index in [1.54, 1.807) is 12.1 Å². The fourth-order valence-corrected chi connectivity index (χ4v) is 2.83. The maximum Gasteiger partial charge on any atom is 0.223 e. The van der Waals surface area contributed by atoms with Crippen LogP contribution in [0.5, 0.6) is 0 Å². The van der Waals surface area contributed by atoms with Crippen LogP contribution in [0.3, 0.4) is 0 Å². The van der Waals surface area contributed by atoms with E-state index in [0.29, 0.717) is 16.6 Å². The van der Waals surface area contributed by atoms with Crippen LogP contribution in [0, 0.1) is 5.92 Å². The Labute approximate surface area is 118 Å². The van der Waals surface area contributed by atoms with Crippen molar-refractivity contribution < 1.29 is 4.79 Å². The van der Waals surface area contributed by atoms with Crippen molar-refractivity contribution in [1.82, 2.24) is 5.32 Å². The molecule has 1 fully saturated rings. The van der Waals surface area contributed by atoms with Crippen LogP contribution >= 0.6 is 23.2 Å². The third-order valence-electron chi connectivity index (χ3n) is 3.44.